The maximum Gasteiger partial charge on any atom is 0.0541 e. The second-order valence-electron chi connectivity index (χ2n) is 16.1. The summed E-state index contributed by atoms with van der Waals surface area (Å²) in [7, 11) is 0. The number of benzene rings is 11. The predicted molar refractivity (Wildman–Crippen MR) is 264 cm³/mol. The van der Waals surface area contributed by atoms with Crippen LogP contribution >= 0.6 is 0 Å². The molecule has 0 atom stereocenters. The van der Waals surface area contributed by atoms with Crippen molar-refractivity contribution in [2.24, 2.45) is 0 Å². The highest BCUT2D eigenvalue weighted by Gasteiger charge is 2.17. The first-order chi connectivity index (χ1) is 30.7. The zero-order valence-electron chi connectivity index (χ0n) is 34.0. The Kier molecular flexibility index (Phi) is 8.53. The van der Waals surface area contributed by atoms with E-state index in [1.807, 2.05) is 0 Å². The standard InChI is InChI=1S/C60H40N2/c1-2-13-44-38-46(25-24-41(44)12-1)43-28-32-50(33-29-43)61(51-34-36-52(37-35-51)62-59-22-9-7-20-56(59)57-21-8-10-23-60(57)62)49-30-26-42(27-31-49)45-15-11-16-47(39-45)58-40-48-14-3-4-17-53(48)54-18-5-6-19-55(54)58/h1-40H. The second-order valence-corrected chi connectivity index (χ2v) is 16.1. The van der Waals surface area contributed by atoms with Crippen LogP contribution in [0.2, 0.25) is 0 Å². The lowest BCUT2D eigenvalue weighted by Gasteiger charge is -2.26. The van der Waals surface area contributed by atoms with E-state index in [-0.39, 0.29) is 0 Å². The highest BCUT2D eigenvalue weighted by molar-refractivity contribution is 6.14. The molecule has 290 valence electrons. The number of rotatable bonds is 7. The van der Waals surface area contributed by atoms with Crippen LogP contribution in [0.1, 0.15) is 0 Å². The summed E-state index contributed by atoms with van der Waals surface area (Å²) in [5.41, 5.74) is 14.0. The molecule has 2 heteroatoms. The van der Waals surface area contributed by atoms with E-state index in [1.165, 1.54) is 87.5 Å². The van der Waals surface area contributed by atoms with E-state index >= 15 is 0 Å². The molecule has 0 saturated carbocycles. The fraction of sp³-hybridized carbons (Fsp3) is 0. The van der Waals surface area contributed by atoms with Crippen LogP contribution in [0.25, 0.3) is 93.2 Å². The lowest BCUT2D eigenvalue weighted by Crippen LogP contribution is -2.10. The number of anilines is 3. The first-order valence-electron chi connectivity index (χ1n) is 21.3. The van der Waals surface area contributed by atoms with Gasteiger partial charge >= 0.3 is 0 Å². The van der Waals surface area contributed by atoms with Gasteiger partial charge in [0.2, 0.25) is 0 Å². The third kappa shape index (κ3) is 6.12. The van der Waals surface area contributed by atoms with Crippen LogP contribution in [-0.2, 0) is 0 Å². The first-order valence-corrected chi connectivity index (χ1v) is 21.3. The summed E-state index contributed by atoms with van der Waals surface area (Å²) in [4.78, 5) is 2.36. The number of aromatic nitrogens is 1. The molecule has 0 N–H and O–H groups in total. The van der Waals surface area contributed by atoms with E-state index in [2.05, 4.69) is 252 Å². The summed E-state index contributed by atoms with van der Waals surface area (Å²) in [5, 5.41) is 10.1. The molecule has 0 spiro atoms. The number of para-hydroxylation sites is 2. The van der Waals surface area contributed by atoms with Gasteiger partial charge < -0.3 is 9.47 Å². The molecule has 2 nitrogen and oxygen atoms in total. The Labute approximate surface area is 360 Å². The van der Waals surface area contributed by atoms with Crippen molar-refractivity contribution in [3.8, 4) is 39.1 Å². The average Bonchev–Trinajstić information content (AvgIpc) is 3.69. The summed E-state index contributed by atoms with van der Waals surface area (Å²) < 4.78 is 2.38. The molecule has 0 bridgehead atoms. The summed E-state index contributed by atoms with van der Waals surface area (Å²) in [6.07, 6.45) is 0. The zero-order chi connectivity index (χ0) is 41.0. The van der Waals surface area contributed by atoms with E-state index in [0.717, 1.165) is 22.7 Å². The normalized spacial score (nSPS) is 11.5. The minimum atomic E-state index is 1.09. The van der Waals surface area contributed by atoms with Gasteiger partial charge in [0.05, 0.1) is 11.0 Å². The van der Waals surface area contributed by atoms with Gasteiger partial charge in [0.1, 0.15) is 0 Å². The average molecular weight is 789 g/mol. The molecule has 0 aliphatic carbocycles. The Balaban J connectivity index is 0.933. The van der Waals surface area contributed by atoms with Crippen LogP contribution in [0.3, 0.4) is 0 Å². The van der Waals surface area contributed by atoms with E-state index in [4.69, 9.17) is 0 Å². The maximum atomic E-state index is 2.38. The Bertz CT molecular complexity index is 3560. The molecular formula is C60H40N2. The van der Waals surface area contributed by atoms with Crippen molar-refractivity contribution in [1.82, 2.24) is 4.57 Å². The highest BCUT2D eigenvalue weighted by Crippen LogP contribution is 2.40. The lowest BCUT2D eigenvalue weighted by atomic mass is 9.92. The van der Waals surface area contributed by atoms with Gasteiger partial charge in [-0.05, 0) is 145 Å². The van der Waals surface area contributed by atoms with Crippen LogP contribution < -0.4 is 4.90 Å². The SMILES string of the molecule is c1cc(-c2ccc(N(c3ccc(-c4ccc5ccccc5c4)cc3)c3ccc(-n4c5ccccc5c5ccccc54)cc3)cc2)cc(-c2cc3ccccc3c3ccccc23)c1. The van der Waals surface area contributed by atoms with Crippen molar-refractivity contribution in [2.75, 3.05) is 4.90 Å². The van der Waals surface area contributed by atoms with Crippen LogP contribution in [0, 0.1) is 0 Å². The van der Waals surface area contributed by atoms with Gasteiger partial charge in [0, 0.05) is 33.5 Å². The molecule has 12 aromatic rings. The summed E-state index contributed by atoms with van der Waals surface area (Å²) in [6, 6.07) is 88.4. The number of hydrogen-bond donors (Lipinski definition) is 0. The minimum absolute atomic E-state index is 1.09. The molecule has 1 heterocycles. The molecule has 1 aromatic heterocycles. The molecule has 0 unspecified atom stereocenters. The van der Waals surface area contributed by atoms with Crippen molar-refractivity contribution in [1.29, 1.82) is 0 Å². The number of fused-ring (bicyclic) bond motifs is 7. The van der Waals surface area contributed by atoms with Crippen molar-refractivity contribution in [3.63, 3.8) is 0 Å². The van der Waals surface area contributed by atoms with Gasteiger partial charge in [-0.1, -0.05) is 164 Å². The number of nitrogens with zero attached hydrogens (tertiary/aromatic N) is 2. The Hall–Kier alpha value is -8.20. The minimum Gasteiger partial charge on any atom is -0.311 e. The molecule has 0 fully saturated rings. The van der Waals surface area contributed by atoms with Gasteiger partial charge in [-0.2, -0.15) is 0 Å². The van der Waals surface area contributed by atoms with Crippen molar-refractivity contribution in [3.05, 3.63) is 243 Å². The molecule has 0 radical (unpaired) electrons. The smallest absolute Gasteiger partial charge is 0.0541 e. The first kappa shape index (κ1) is 35.7. The van der Waals surface area contributed by atoms with Gasteiger partial charge in [0.25, 0.3) is 0 Å². The molecular weight excluding hydrogens is 749 g/mol. The lowest BCUT2D eigenvalue weighted by molar-refractivity contribution is 1.17. The fourth-order valence-corrected chi connectivity index (χ4v) is 9.53. The van der Waals surface area contributed by atoms with E-state index in [0.29, 0.717) is 0 Å². The quantitative estimate of drug-likeness (QED) is 0.146. The molecule has 11 aromatic carbocycles. The summed E-state index contributed by atoms with van der Waals surface area (Å²) in [6.45, 7) is 0. The molecule has 0 aliphatic heterocycles. The Morgan fingerprint density at radius 3 is 1.37 bits per heavy atom. The van der Waals surface area contributed by atoms with Crippen LogP contribution in [-0.4, -0.2) is 4.57 Å². The topological polar surface area (TPSA) is 8.17 Å². The second kappa shape index (κ2) is 14.8. The summed E-state index contributed by atoms with van der Waals surface area (Å²) >= 11 is 0. The van der Waals surface area contributed by atoms with Crippen LogP contribution in [0.5, 0.6) is 0 Å². The largest absolute Gasteiger partial charge is 0.311 e. The number of hydrogen-bond acceptors (Lipinski definition) is 1. The van der Waals surface area contributed by atoms with Crippen LogP contribution in [0.4, 0.5) is 17.1 Å². The van der Waals surface area contributed by atoms with E-state index in [9.17, 15) is 0 Å². The molecule has 12 rings (SSSR count). The predicted octanol–water partition coefficient (Wildman–Crippen LogP) is 16.7. The highest BCUT2D eigenvalue weighted by atomic mass is 15.1. The maximum absolute atomic E-state index is 2.38. The monoisotopic (exact) mass is 788 g/mol. The Morgan fingerprint density at radius 2 is 0.726 bits per heavy atom. The summed E-state index contributed by atoms with van der Waals surface area (Å²) in [5.74, 6) is 0. The zero-order valence-corrected chi connectivity index (χ0v) is 34.0. The van der Waals surface area contributed by atoms with Gasteiger partial charge in [-0.25, -0.2) is 0 Å². The molecule has 62 heavy (non-hydrogen) atoms. The van der Waals surface area contributed by atoms with Gasteiger partial charge in [-0.15, -0.1) is 0 Å². The fourth-order valence-electron chi connectivity index (χ4n) is 9.53. The third-order valence-corrected chi connectivity index (χ3v) is 12.6. The third-order valence-electron chi connectivity index (χ3n) is 12.6. The van der Waals surface area contributed by atoms with Crippen molar-refractivity contribution in [2.45, 2.75) is 0 Å². The van der Waals surface area contributed by atoms with E-state index < -0.39 is 0 Å². The van der Waals surface area contributed by atoms with E-state index in [1.54, 1.807) is 0 Å². The van der Waals surface area contributed by atoms with Crippen molar-refractivity contribution < 1.29 is 0 Å². The van der Waals surface area contributed by atoms with Crippen LogP contribution in [0.15, 0.2) is 243 Å². The van der Waals surface area contributed by atoms with Gasteiger partial charge in [-0.3, -0.25) is 0 Å². The van der Waals surface area contributed by atoms with Gasteiger partial charge in [0.15, 0.2) is 0 Å². The molecule has 0 saturated heterocycles. The molecule has 0 aliphatic rings. The molecule has 0 amide bonds. The van der Waals surface area contributed by atoms with Crippen molar-refractivity contribution >= 4 is 71.2 Å². The Morgan fingerprint density at radius 1 is 0.258 bits per heavy atom.